The molecule has 1 N–H and O–H groups in total. The van der Waals surface area contributed by atoms with Gasteiger partial charge in [0.05, 0.1) is 6.26 Å². The van der Waals surface area contributed by atoms with Crippen LogP contribution in [0.25, 0.3) is 0 Å². The molecule has 0 amide bonds. The van der Waals surface area contributed by atoms with Crippen molar-refractivity contribution in [2.75, 3.05) is 26.2 Å². The lowest BCUT2D eigenvalue weighted by molar-refractivity contribution is 0.232. The molecule has 2 heterocycles. The summed E-state index contributed by atoms with van der Waals surface area (Å²) in [5, 5.41) is 3.34. The molecular weight excluding hydrogens is 164 g/mol. The van der Waals surface area contributed by atoms with Crippen molar-refractivity contribution in [3.63, 3.8) is 0 Å². The van der Waals surface area contributed by atoms with Crippen LogP contribution in [0, 0.1) is 6.92 Å². The van der Waals surface area contributed by atoms with Gasteiger partial charge in [-0.3, -0.25) is 4.90 Å². The van der Waals surface area contributed by atoms with E-state index in [2.05, 4.69) is 16.3 Å². The lowest BCUT2D eigenvalue weighted by Crippen LogP contribution is -2.42. The molecule has 1 saturated heterocycles. The molecule has 0 saturated carbocycles. The van der Waals surface area contributed by atoms with Gasteiger partial charge in [0.1, 0.15) is 5.76 Å². The second-order valence-corrected chi connectivity index (χ2v) is 3.53. The molecule has 0 atom stereocenters. The SMILES string of the molecule is Cc1occc1CN1CCNCC1. The van der Waals surface area contributed by atoms with E-state index in [1.54, 1.807) is 6.26 Å². The Labute approximate surface area is 78.7 Å². The molecule has 0 aromatic carbocycles. The number of furan rings is 1. The normalized spacial score (nSPS) is 19.2. The molecule has 1 fully saturated rings. The third kappa shape index (κ3) is 2.11. The Balaban J connectivity index is 1.93. The monoisotopic (exact) mass is 180 g/mol. The van der Waals surface area contributed by atoms with Crippen LogP contribution in [0.15, 0.2) is 16.7 Å². The maximum atomic E-state index is 5.26. The van der Waals surface area contributed by atoms with Gasteiger partial charge in [-0.25, -0.2) is 0 Å². The van der Waals surface area contributed by atoms with E-state index in [0.29, 0.717) is 0 Å². The average Bonchev–Trinajstić information content (AvgIpc) is 2.54. The van der Waals surface area contributed by atoms with E-state index in [9.17, 15) is 0 Å². The van der Waals surface area contributed by atoms with Gasteiger partial charge in [0.25, 0.3) is 0 Å². The lowest BCUT2D eigenvalue weighted by atomic mass is 10.2. The van der Waals surface area contributed by atoms with Crippen LogP contribution >= 0.6 is 0 Å². The first kappa shape index (κ1) is 8.78. The number of rotatable bonds is 2. The molecule has 3 nitrogen and oxygen atoms in total. The van der Waals surface area contributed by atoms with Gasteiger partial charge >= 0.3 is 0 Å². The van der Waals surface area contributed by atoms with Crippen LogP contribution in [0.4, 0.5) is 0 Å². The highest BCUT2D eigenvalue weighted by molar-refractivity contribution is 5.15. The molecule has 0 radical (unpaired) electrons. The van der Waals surface area contributed by atoms with Gasteiger partial charge in [-0.1, -0.05) is 0 Å². The summed E-state index contributed by atoms with van der Waals surface area (Å²) in [6.07, 6.45) is 1.77. The minimum absolute atomic E-state index is 1.03. The van der Waals surface area contributed by atoms with Crippen molar-refractivity contribution in [2.24, 2.45) is 0 Å². The summed E-state index contributed by atoms with van der Waals surface area (Å²) in [6.45, 7) is 7.56. The summed E-state index contributed by atoms with van der Waals surface area (Å²) in [4.78, 5) is 2.45. The van der Waals surface area contributed by atoms with E-state index >= 15 is 0 Å². The highest BCUT2D eigenvalue weighted by Gasteiger charge is 2.11. The van der Waals surface area contributed by atoms with Crippen molar-refractivity contribution in [3.05, 3.63) is 23.7 Å². The first-order chi connectivity index (χ1) is 6.36. The van der Waals surface area contributed by atoms with Crippen LogP contribution < -0.4 is 5.32 Å². The first-order valence-corrected chi connectivity index (χ1v) is 4.82. The lowest BCUT2D eigenvalue weighted by Gasteiger charge is -2.26. The Hall–Kier alpha value is -0.800. The molecule has 3 heteroatoms. The molecule has 1 aromatic rings. The number of hydrogen-bond donors (Lipinski definition) is 1. The zero-order chi connectivity index (χ0) is 9.10. The van der Waals surface area contributed by atoms with Crippen molar-refractivity contribution >= 4 is 0 Å². The Morgan fingerprint density at radius 1 is 1.46 bits per heavy atom. The zero-order valence-electron chi connectivity index (χ0n) is 8.05. The number of hydrogen-bond acceptors (Lipinski definition) is 3. The minimum atomic E-state index is 1.03. The van der Waals surface area contributed by atoms with Crippen LogP contribution in [-0.2, 0) is 6.54 Å². The van der Waals surface area contributed by atoms with E-state index < -0.39 is 0 Å². The summed E-state index contributed by atoms with van der Waals surface area (Å²) in [7, 11) is 0. The molecule has 72 valence electrons. The molecule has 1 aliphatic heterocycles. The van der Waals surface area contributed by atoms with Crippen molar-refractivity contribution < 1.29 is 4.42 Å². The first-order valence-electron chi connectivity index (χ1n) is 4.82. The van der Waals surface area contributed by atoms with Crippen LogP contribution in [0.3, 0.4) is 0 Å². The van der Waals surface area contributed by atoms with Gasteiger partial charge < -0.3 is 9.73 Å². The van der Waals surface area contributed by atoms with Crippen molar-refractivity contribution in [2.45, 2.75) is 13.5 Å². The third-order valence-electron chi connectivity index (χ3n) is 2.57. The number of aryl methyl sites for hydroxylation is 1. The van der Waals surface area contributed by atoms with Crippen molar-refractivity contribution in [1.82, 2.24) is 10.2 Å². The van der Waals surface area contributed by atoms with Crippen molar-refractivity contribution in [1.29, 1.82) is 0 Å². The predicted octanol–water partition coefficient (Wildman–Crippen LogP) is 0.993. The maximum Gasteiger partial charge on any atom is 0.105 e. The van der Waals surface area contributed by atoms with Crippen LogP contribution in [0.2, 0.25) is 0 Å². The Morgan fingerprint density at radius 2 is 2.23 bits per heavy atom. The molecule has 1 aliphatic rings. The van der Waals surface area contributed by atoms with Gasteiger partial charge in [-0.15, -0.1) is 0 Å². The molecule has 1 aromatic heterocycles. The van der Waals surface area contributed by atoms with Gasteiger partial charge in [-0.05, 0) is 13.0 Å². The van der Waals surface area contributed by atoms with E-state index in [1.807, 2.05) is 6.92 Å². The summed E-state index contributed by atoms with van der Waals surface area (Å²) in [5.41, 5.74) is 1.32. The summed E-state index contributed by atoms with van der Waals surface area (Å²) < 4.78 is 5.26. The molecular formula is C10H16N2O. The van der Waals surface area contributed by atoms with E-state index in [0.717, 1.165) is 38.5 Å². The summed E-state index contributed by atoms with van der Waals surface area (Å²) in [6, 6.07) is 2.07. The van der Waals surface area contributed by atoms with Crippen LogP contribution in [0.1, 0.15) is 11.3 Å². The van der Waals surface area contributed by atoms with Gasteiger partial charge in [0.15, 0.2) is 0 Å². The number of nitrogens with zero attached hydrogens (tertiary/aromatic N) is 1. The molecule has 2 rings (SSSR count). The predicted molar refractivity (Wildman–Crippen MR) is 51.6 cm³/mol. The highest BCUT2D eigenvalue weighted by atomic mass is 16.3. The van der Waals surface area contributed by atoms with E-state index in [4.69, 9.17) is 4.42 Å². The fourth-order valence-electron chi connectivity index (χ4n) is 1.69. The third-order valence-corrected chi connectivity index (χ3v) is 2.57. The topological polar surface area (TPSA) is 28.4 Å². The van der Waals surface area contributed by atoms with Gasteiger partial charge in [0.2, 0.25) is 0 Å². The number of nitrogens with one attached hydrogen (secondary N) is 1. The molecule has 13 heavy (non-hydrogen) atoms. The van der Waals surface area contributed by atoms with Crippen molar-refractivity contribution in [3.8, 4) is 0 Å². The highest BCUT2D eigenvalue weighted by Crippen LogP contribution is 2.11. The smallest absolute Gasteiger partial charge is 0.105 e. The quantitative estimate of drug-likeness (QED) is 0.735. The van der Waals surface area contributed by atoms with Crippen LogP contribution in [-0.4, -0.2) is 31.1 Å². The number of piperazine rings is 1. The average molecular weight is 180 g/mol. The second-order valence-electron chi connectivity index (χ2n) is 3.53. The second kappa shape index (κ2) is 3.94. The fraction of sp³-hybridized carbons (Fsp3) is 0.600. The molecule has 0 aliphatic carbocycles. The Kier molecular flexibility index (Phi) is 2.66. The van der Waals surface area contributed by atoms with Gasteiger partial charge in [0, 0.05) is 38.3 Å². The maximum absolute atomic E-state index is 5.26. The van der Waals surface area contributed by atoms with E-state index in [1.165, 1.54) is 5.56 Å². The standard InChI is InChI=1S/C10H16N2O/c1-9-10(2-7-13-9)8-12-5-3-11-4-6-12/h2,7,11H,3-6,8H2,1H3. The molecule has 0 spiro atoms. The summed E-state index contributed by atoms with van der Waals surface area (Å²) in [5.74, 6) is 1.05. The minimum Gasteiger partial charge on any atom is -0.469 e. The largest absolute Gasteiger partial charge is 0.469 e. The zero-order valence-corrected chi connectivity index (χ0v) is 8.05. The summed E-state index contributed by atoms with van der Waals surface area (Å²) >= 11 is 0. The Bertz CT molecular complexity index is 264. The van der Waals surface area contributed by atoms with Crippen LogP contribution in [0.5, 0.6) is 0 Å². The molecule has 0 unspecified atom stereocenters. The molecule has 0 bridgehead atoms. The van der Waals surface area contributed by atoms with E-state index in [-0.39, 0.29) is 0 Å². The Morgan fingerprint density at radius 3 is 2.85 bits per heavy atom. The van der Waals surface area contributed by atoms with Gasteiger partial charge in [-0.2, -0.15) is 0 Å². The fourth-order valence-corrected chi connectivity index (χ4v) is 1.69.